The number of methoxy groups -OCH3 is 1. The Balaban J connectivity index is 1.39. The Morgan fingerprint density at radius 3 is 2.61 bits per heavy atom. The highest BCUT2D eigenvalue weighted by molar-refractivity contribution is 5.72. The SMILES string of the molecule is COC(=O)C1CCN(C[C@H](O)COc2cccc(CN3CCCCC3)c2)CC1. The van der Waals surface area contributed by atoms with E-state index in [0.29, 0.717) is 6.54 Å². The van der Waals surface area contributed by atoms with Gasteiger partial charge >= 0.3 is 5.97 Å². The molecule has 0 aliphatic carbocycles. The summed E-state index contributed by atoms with van der Waals surface area (Å²) in [6.07, 6.45) is 4.97. The normalized spacial score (nSPS) is 20.6. The van der Waals surface area contributed by atoms with Gasteiger partial charge in [0.15, 0.2) is 0 Å². The van der Waals surface area contributed by atoms with Gasteiger partial charge in [-0.3, -0.25) is 9.69 Å². The van der Waals surface area contributed by atoms with Crippen LogP contribution in [0, 0.1) is 5.92 Å². The van der Waals surface area contributed by atoms with Crippen LogP contribution in [0.15, 0.2) is 24.3 Å². The van der Waals surface area contributed by atoms with E-state index in [4.69, 9.17) is 9.47 Å². The molecule has 2 aliphatic heterocycles. The Labute approximate surface area is 168 Å². The maximum atomic E-state index is 11.6. The molecule has 1 N–H and O–H groups in total. The van der Waals surface area contributed by atoms with E-state index < -0.39 is 6.10 Å². The zero-order valence-corrected chi connectivity index (χ0v) is 17.0. The minimum absolute atomic E-state index is 0.00251. The van der Waals surface area contributed by atoms with E-state index in [1.54, 1.807) is 0 Å². The number of esters is 1. The van der Waals surface area contributed by atoms with E-state index in [1.807, 2.05) is 12.1 Å². The summed E-state index contributed by atoms with van der Waals surface area (Å²) in [6, 6.07) is 8.21. The van der Waals surface area contributed by atoms with E-state index in [0.717, 1.165) is 38.2 Å². The molecule has 1 aromatic carbocycles. The number of ether oxygens (including phenoxy) is 2. The molecule has 0 spiro atoms. The molecule has 0 bridgehead atoms. The molecule has 28 heavy (non-hydrogen) atoms. The lowest BCUT2D eigenvalue weighted by Gasteiger charge is -2.31. The van der Waals surface area contributed by atoms with Crippen LogP contribution in [0.4, 0.5) is 0 Å². The Hall–Kier alpha value is -1.63. The van der Waals surface area contributed by atoms with Gasteiger partial charge in [0.1, 0.15) is 18.5 Å². The van der Waals surface area contributed by atoms with E-state index in [2.05, 4.69) is 21.9 Å². The number of aliphatic hydroxyl groups is 1. The maximum Gasteiger partial charge on any atom is 0.308 e. The van der Waals surface area contributed by atoms with Gasteiger partial charge in [0.25, 0.3) is 0 Å². The molecule has 0 saturated carbocycles. The highest BCUT2D eigenvalue weighted by Gasteiger charge is 2.26. The smallest absolute Gasteiger partial charge is 0.308 e. The number of piperidine rings is 2. The third kappa shape index (κ3) is 6.47. The molecule has 1 aromatic rings. The van der Waals surface area contributed by atoms with Crippen molar-refractivity contribution in [1.82, 2.24) is 9.80 Å². The molecule has 0 radical (unpaired) electrons. The van der Waals surface area contributed by atoms with Crippen LogP contribution in [0.25, 0.3) is 0 Å². The summed E-state index contributed by atoms with van der Waals surface area (Å²) in [5.41, 5.74) is 1.26. The number of carbonyl (C=O) groups excluding carboxylic acids is 1. The highest BCUT2D eigenvalue weighted by Crippen LogP contribution is 2.20. The predicted octanol–water partition coefficient (Wildman–Crippen LogP) is 2.30. The fourth-order valence-electron chi connectivity index (χ4n) is 4.17. The van der Waals surface area contributed by atoms with Gasteiger partial charge in [0, 0.05) is 13.1 Å². The molecule has 2 aliphatic rings. The largest absolute Gasteiger partial charge is 0.491 e. The lowest BCUT2D eigenvalue weighted by atomic mass is 9.97. The minimum Gasteiger partial charge on any atom is -0.491 e. The summed E-state index contributed by atoms with van der Waals surface area (Å²) < 4.78 is 10.7. The van der Waals surface area contributed by atoms with Gasteiger partial charge in [-0.15, -0.1) is 0 Å². The fourth-order valence-corrected chi connectivity index (χ4v) is 4.17. The van der Waals surface area contributed by atoms with Gasteiger partial charge in [-0.1, -0.05) is 18.6 Å². The van der Waals surface area contributed by atoms with Crippen molar-refractivity contribution in [2.45, 2.75) is 44.8 Å². The van der Waals surface area contributed by atoms with Crippen LogP contribution < -0.4 is 4.74 Å². The summed E-state index contributed by atoms with van der Waals surface area (Å²) in [6.45, 7) is 5.79. The second-order valence-electron chi connectivity index (χ2n) is 8.05. The number of rotatable bonds is 8. The zero-order valence-electron chi connectivity index (χ0n) is 17.0. The van der Waals surface area contributed by atoms with Crippen LogP contribution in [0.2, 0.25) is 0 Å². The highest BCUT2D eigenvalue weighted by atomic mass is 16.5. The molecule has 6 nitrogen and oxygen atoms in total. The zero-order chi connectivity index (χ0) is 19.8. The third-order valence-corrected chi connectivity index (χ3v) is 5.79. The lowest BCUT2D eigenvalue weighted by Crippen LogP contribution is -2.42. The third-order valence-electron chi connectivity index (χ3n) is 5.79. The number of nitrogens with zero attached hydrogens (tertiary/aromatic N) is 2. The molecule has 2 heterocycles. The summed E-state index contributed by atoms with van der Waals surface area (Å²) in [4.78, 5) is 16.3. The molecule has 3 rings (SSSR count). The van der Waals surface area contributed by atoms with Crippen molar-refractivity contribution in [2.24, 2.45) is 5.92 Å². The van der Waals surface area contributed by atoms with Crippen molar-refractivity contribution in [1.29, 1.82) is 0 Å². The van der Waals surface area contributed by atoms with E-state index in [1.165, 1.54) is 45.0 Å². The quantitative estimate of drug-likeness (QED) is 0.688. The average molecular weight is 391 g/mol. The van der Waals surface area contributed by atoms with Gasteiger partial charge in [0.05, 0.1) is 13.0 Å². The first-order valence-electron chi connectivity index (χ1n) is 10.6. The Morgan fingerprint density at radius 2 is 1.89 bits per heavy atom. The molecule has 6 heteroatoms. The maximum absolute atomic E-state index is 11.6. The first kappa shape index (κ1) is 21.1. The number of β-amino-alcohol motifs (C(OH)–C–C–N with tert-alkyl or cyclic N) is 1. The van der Waals surface area contributed by atoms with E-state index >= 15 is 0 Å². The molecule has 1 atom stereocenters. The molecular weight excluding hydrogens is 356 g/mol. The number of hydrogen-bond donors (Lipinski definition) is 1. The van der Waals surface area contributed by atoms with Gasteiger partial charge in [0.2, 0.25) is 0 Å². The number of aliphatic hydroxyl groups excluding tert-OH is 1. The number of carbonyl (C=O) groups is 1. The molecule has 0 unspecified atom stereocenters. The molecular formula is C22H34N2O4. The van der Waals surface area contributed by atoms with Crippen molar-refractivity contribution in [2.75, 3.05) is 46.4 Å². The molecule has 0 amide bonds. The lowest BCUT2D eigenvalue weighted by molar-refractivity contribution is -0.147. The molecule has 156 valence electrons. The van der Waals surface area contributed by atoms with E-state index in [-0.39, 0.29) is 18.5 Å². The van der Waals surface area contributed by atoms with Crippen LogP contribution in [-0.2, 0) is 16.1 Å². The summed E-state index contributed by atoms with van der Waals surface area (Å²) in [5, 5.41) is 10.3. The predicted molar refractivity (Wildman–Crippen MR) is 108 cm³/mol. The minimum atomic E-state index is -0.541. The second-order valence-corrected chi connectivity index (χ2v) is 8.05. The van der Waals surface area contributed by atoms with Crippen molar-refractivity contribution in [3.63, 3.8) is 0 Å². The topological polar surface area (TPSA) is 62.2 Å². The second kappa shape index (κ2) is 10.8. The molecule has 0 aromatic heterocycles. The Kier molecular flexibility index (Phi) is 8.13. The standard InChI is InChI=1S/C22H34N2O4/c1-27-22(26)19-8-12-24(13-9-19)16-20(25)17-28-21-7-5-6-18(14-21)15-23-10-3-2-4-11-23/h5-7,14,19-20,25H,2-4,8-13,15-17H2,1H3/t20-/m0/s1. The fraction of sp³-hybridized carbons (Fsp3) is 0.682. The van der Waals surface area contributed by atoms with Gasteiger partial charge in [-0.25, -0.2) is 0 Å². The van der Waals surface area contributed by atoms with Crippen molar-refractivity contribution in [3.8, 4) is 5.75 Å². The van der Waals surface area contributed by atoms with Gasteiger partial charge in [-0.05, 0) is 69.6 Å². The molecule has 2 saturated heterocycles. The van der Waals surface area contributed by atoms with Crippen molar-refractivity contribution < 1.29 is 19.4 Å². The van der Waals surface area contributed by atoms with Crippen LogP contribution in [0.1, 0.15) is 37.7 Å². The Morgan fingerprint density at radius 1 is 1.14 bits per heavy atom. The first-order chi connectivity index (χ1) is 13.6. The number of likely N-dealkylation sites (tertiary alicyclic amines) is 2. The monoisotopic (exact) mass is 390 g/mol. The molecule has 2 fully saturated rings. The van der Waals surface area contributed by atoms with Gasteiger partial charge in [-0.2, -0.15) is 0 Å². The summed E-state index contributed by atoms with van der Waals surface area (Å²) in [7, 11) is 1.44. The van der Waals surface area contributed by atoms with Crippen LogP contribution in [0.5, 0.6) is 5.75 Å². The van der Waals surface area contributed by atoms with Crippen LogP contribution in [0.3, 0.4) is 0 Å². The average Bonchev–Trinajstić information content (AvgIpc) is 2.73. The first-order valence-corrected chi connectivity index (χ1v) is 10.6. The Bertz CT molecular complexity index is 610. The van der Waals surface area contributed by atoms with Crippen molar-refractivity contribution >= 4 is 5.97 Å². The van der Waals surface area contributed by atoms with Crippen LogP contribution in [-0.4, -0.2) is 73.4 Å². The van der Waals surface area contributed by atoms with Gasteiger partial charge < -0.3 is 19.5 Å². The number of hydrogen-bond acceptors (Lipinski definition) is 6. The summed E-state index contributed by atoms with van der Waals surface area (Å²) >= 11 is 0. The van der Waals surface area contributed by atoms with Crippen LogP contribution >= 0.6 is 0 Å². The number of benzene rings is 1. The van der Waals surface area contributed by atoms with Crippen molar-refractivity contribution in [3.05, 3.63) is 29.8 Å². The van der Waals surface area contributed by atoms with E-state index in [9.17, 15) is 9.90 Å². The summed E-state index contributed by atoms with van der Waals surface area (Å²) in [5.74, 6) is 0.697.